The fraction of sp³-hybridized carbons (Fsp3) is 0.667. The van der Waals surface area contributed by atoms with Crippen LogP contribution < -0.4 is 0 Å². The summed E-state index contributed by atoms with van der Waals surface area (Å²) in [6.45, 7) is 12.1. The van der Waals surface area contributed by atoms with Crippen molar-refractivity contribution in [2.75, 3.05) is 0 Å². The number of carbonyl (C=O) groups is 1. The summed E-state index contributed by atoms with van der Waals surface area (Å²) in [5, 5.41) is 0. The van der Waals surface area contributed by atoms with Gasteiger partial charge in [-0.2, -0.15) is 0 Å². The minimum atomic E-state index is 0.183. The van der Waals surface area contributed by atoms with E-state index in [9.17, 15) is 4.79 Å². The zero-order valence-electron chi connectivity index (χ0n) is 11.3. The van der Waals surface area contributed by atoms with Gasteiger partial charge in [0.2, 0.25) is 0 Å². The molecule has 0 fully saturated rings. The molecule has 0 aliphatic heterocycles. The fourth-order valence-electron chi connectivity index (χ4n) is 1.98. The van der Waals surface area contributed by atoms with Crippen LogP contribution >= 0.6 is 0 Å². The lowest BCUT2D eigenvalue weighted by Crippen LogP contribution is -2.08. The molecule has 0 bridgehead atoms. The monoisotopic (exact) mass is 222 g/mol. The Labute approximate surface area is 101 Å². The van der Waals surface area contributed by atoms with E-state index in [-0.39, 0.29) is 5.92 Å². The molecule has 1 heteroatoms. The summed E-state index contributed by atoms with van der Waals surface area (Å²) >= 11 is 0. The maximum Gasteiger partial charge on any atom is 0.123 e. The molecule has 1 nitrogen and oxygen atoms in total. The quantitative estimate of drug-likeness (QED) is 0.504. The van der Waals surface area contributed by atoms with Crippen LogP contribution in [-0.2, 0) is 4.79 Å². The Kier molecular flexibility index (Phi) is 7.88. The van der Waals surface area contributed by atoms with E-state index in [2.05, 4.69) is 19.6 Å². The van der Waals surface area contributed by atoms with Gasteiger partial charge in [-0.1, -0.05) is 44.6 Å². The summed E-state index contributed by atoms with van der Waals surface area (Å²) in [5.74, 6) is 0.855. The van der Waals surface area contributed by atoms with Gasteiger partial charge in [-0.05, 0) is 38.5 Å². The van der Waals surface area contributed by atoms with Crippen molar-refractivity contribution in [3.05, 3.63) is 23.8 Å². The van der Waals surface area contributed by atoms with E-state index in [0.29, 0.717) is 5.92 Å². The molecule has 1 rings (SSSR count). The van der Waals surface area contributed by atoms with Crippen LogP contribution in [0.4, 0.5) is 0 Å². The van der Waals surface area contributed by atoms with E-state index in [0.717, 1.165) is 25.5 Å². The highest BCUT2D eigenvalue weighted by Crippen LogP contribution is 2.30. The van der Waals surface area contributed by atoms with Crippen LogP contribution in [0.15, 0.2) is 23.8 Å². The minimum absolute atomic E-state index is 0.183. The summed E-state index contributed by atoms with van der Waals surface area (Å²) in [6, 6.07) is 0. The normalized spacial score (nSPS) is 21.2. The summed E-state index contributed by atoms with van der Waals surface area (Å²) in [7, 11) is 0. The predicted octanol–water partition coefficient (Wildman–Crippen LogP) is 4.54. The molecule has 0 radical (unpaired) electrons. The molecule has 0 saturated heterocycles. The van der Waals surface area contributed by atoms with Gasteiger partial charge in [0, 0.05) is 5.92 Å². The number of hydrogen-bond acceptors (Lipinski definition) is 1. The summed E-state index contributed by atoms with van der Waals surface area (Å²) < 4.78 is 0. The zero-order valence-corrected chi connectivity index (χ0v) is 11.3. The number of carbonyl (C=O) groups excluding carboxylic acids is 1. The Bertz CT molecular complexity index is 250. The Balaban J connectivity index is 0.00000106. The largest absolute Gasteiger partial charge is 0.303 e. The van der Waals surface area contributed by atoms with Gasteiger partial charge in [-0.25, -0.2) is 0 Å². The smallest absolute Gasteiger partial charge is 0.123 e. The fourth-order valence-corrected chi connectivity index (χ4v) is 1.98. The van der Waals surface area contributed by atoms with Gasteiger partial charge in [0.1, 0.15) is 6.29 Å². The van der Waals surface area contributed by atoms with Crippen LogP contribution in [0.5, 0.6) is 0 Å². The number of aldehydes is 1. The average Bonchev–Trinajstić information content (AvgIpc) is 2.32. The van der Waals surface area contributed by atoms with Crippen LogP contribution in [0.3, 0.4) is 0 Å². The van der Waals surface area contributed by atoms with Gasteiger partial charge in [-0.3, -0.25) is 0 Å². The third kappa shape index (κ3) is 5.29. The molecule has 0 heterocycles. The van der Waals surface area contributed by atoms with Gasteiger partial charge in [0.05, 0.1) is 0 Å². The SMILES string of the molecule is C=C(C)C1CC=C(CC(C)C=O)CC1.CC. The standard InChI is InChI=1S/C13H20O.C2H6/c1-10(2)13-6-4-12(5-7-13)8-11(3)9-14;1-2/h4,9,11,13H,1,5-8H2,2-3H3;1-2H3. The maximum atomic E-state index is 10.5. The third-order valence-corrected chi connectivity index (χ3v) is 3.02. The predicted molar refractivity (Wildman–Crippen MR) is 71.4 cm³/mol. The van der Waals surface area contributed by atoms with Crippen LogP contribution in [0.2, 0.25) is 0 Å². The second-order valence-corrected chi connectivity index (χ2v) is 4.50. The molecule has 0 aromatic carbocycles. The molecule has 1 aliphatic carbocycles. The summed E-state index contributed by atoms with van der Waals surface area (Å²) in [6.07, 6.45) is 7.79. The van der Waals surface area contributed by atoms with Crippen molar-refractivity contribution >= 4 is 6.29 Å². The molecule has 0 aromatic heterocycles. The van der Waals surface area contributed by atoms with E-state index in [1.807, 2.05) is 20.8 Å². The molecule has 0 saturated carbocycles. The van der Waals surface area contributed by atoms with Crippen LogP contribution in [0, 0.1) is 11.8 Å². The summed E-state index contributed by atoms with van der Waals surface area (Å²) in [4.78, 5) is 10.5. The molecule has 1 aliphatic rings. The van der Waals surface area contributed by atoms with Gasteiger partial charge >= 0.3 is 0 Å². The first-order valence-electron chi connectivity index (χ1n) is 6.42. The van der Waals surface area contributed by atoms with Crippen molar-refractivity contribution in [2.45, 2.75) is 53.4 Å². The minimum Gasteiger partial charge on any atom is -0.303 e. The number of rotatable bonds is 4. The second kappa shape index (κ2) is 8.32. The molecular weight excluding hydrogens is 196 g/mol. The molecule has 2 atom stereocenters. The van der Waals surface area contributed by atoms with Crippen LogP contribution in [-0.4, -0.2) is 6.29 Å². The van der Waals surface area contributed by atoms with Gasteiger partial charge in [-0.15, -0.1) is 0 Å². The van der Waals surface area contributed by atoms with Gasteiger partial charge in [0.25, 0.3) is 0 Å². The first-order chi connectivity index (χ1) is 7.63. The number of hydrogen-bond donors (Lipinski definition) is 0. The molecular formula is C15H26O. The molecule has 0 spiro atoms. The Morgan fingerprint density at radius 1 is 1.62 bits per heavy atom. The van der Waals surface area contributed by atoms with E-state index in [1.54, 1.807) is 0 Å². The summed E-state index contributed by atoms with van der Waals surface area (Å²) in [5.41, 5.74) is 2.76. The van der Waals surface area contributed by atoms with E-state index in [4.69, 9.17) is 0 Å². The van der Waals surface area contributed by atoms with Crippen molar-refractivity contribution in [3.8, 4) is 0 Å². The molecule has 0 aromatic rings. The Morgan fingerprint density at radius 2 is 2.25 bits per heavy atom. The Morgan fingerprint density at radius 3 is 2.62 bits per heavy atom. The van der Waals surface area contributed by atoms with Crippen LogP contribution in [0.1, 0.15) is 53.4 Å². The lowest BCUT2D eigenvalue weighted by atomic mass is 9.83. The molecule has 92 valence electrons. The second-order valence-electron chi connectivity index (χ2n) is 4.50. The Hall–Kier alpha value is -0.850. The molecule has 16 heavy (non-hydrogen) atoms. The van der Waals surface area contributed by atoms with Gasteiger partial charge < -0.3 is 4.79 Å². The average molecular weight is 222 g/mol. The molecule has 2 unspecified atom stereocenters. The number of allylic oxidation sites excluding steroid dienone is 3. The van der Waals surface area contributed by atoms with E-state index >= 15 is 0 Å². The van der Waals surface area contributed by atoms with Crippen LogP contribution in [0.25, 0.3) is 0 Å². The van der Waals surface area contributed by atoms with Crippen molar-refractivity contribution in [1.29, 1.82) is 0 Å². The van der Waals surface area contributed by atoms with Crippen molar-refractivity contribution in [1.82, 2.24) is 0 Å². The van der Waals surface area contributed by atoms with E-state index < -0.39 is 0 Å². The van der Waals surface area contributed by atoms with Gasteiger partial charge in [0.15, 0.2) is 0 Å². The zero-order chi connectivity index (χ0) is 12.6. The van der Waals surface area contributed by atoms with Crippen molar-refractivity contribution in [3.63, 3.8) is 0 Å². The first kappa shape index (κ1) is 15.2. The molecule has 0 N–H and O–H groups in total. The highest BCUT2D eigenvalue weighted by molar-refractivity contribution is 5.53. The lowest BCUT2D eigenvalue weighted by Gasteiger charge is -2.22. The maximum absolute atomic E-state index is 10.5. The highest BCUT2D eigenvalue weighted by Gasteiger charge is 2.15. The lowest BCUT2D eigenvalue weighted by molar-refractivity contribution is -0.110. The topological polar surface area (TPSA) is 17.1 Å². The highest BCUT2D eigenvalue weighted by atomic mass is 16.1. The first-order valence-corrected chi connectivity index (χ1v) is 6.42. The van der Waals surface area contributed by atoms with Crippen molar-refractivity contribution in [2.24, 2.45) is 11.8 Å². The molecule has 0 amide bonds. The van der Waals surface area contributed by atoms with Crippen molar-refractivity contribution < 1.29 is 4.79 Å². The third-order valence-electron chi connectivity index (χ3n) is 3.02. The van der Waals surface area contributed by atoms with E-state index in [1.165, 1.54) is 17.6 Å².